The third-order valence-electron chi connectivity index (χ3n) is 2.05. The van der Waals surface area contributed by atoms with Gasteiger partial charge in [0.1, 0.15) is 0 Å². The molecule has 0 unspecified atom stereocenters. The molecule has 0 amide bonds. The molecule has 3 heteroatoms. The molecular weight excluding hydrogens is 194 g/mol. The highest BCUT2D eigenvalue weighted by atomic mass is 32.1. The second kappa shape index (κ2) is 3.72. The van der Waals surface area contributed by atoms with E-state index in [1.165, 1.54) is 11.3 Å². The third-order valence-corrected chi connectivity index (χ3v) is 2.82. The molecule has 1 aromatic heterocycles. The van der Waals surface area contributed by atoms with E-state index in [2.05, 4.69) is 4.98 Å². The third kappa shape index (κ3) is 1.59. The van der Waals surface area contributed by atoms with Crippen LogP contribution in [0.1, 0.15) is 20.8 Å². The van der Waals surface area contributed by atoms with Crippen molar-refractivity contribution in [3.05, 3.63) is 52.0 Å². The zero-order chi connectivity index (χ0) is 9.97. The van der Waals surface area contributed by atoms with Gasteiger partial charge in [-0.05, 0) is 12.5 Å². The highest BCUT2D eigenvalue weighted by Gasteiger charge is 2.11. The van der Waals surface area contributed by atoms with Gasteiger partial charge in [0.15, 0.2) is 0 Å². The van der Waals surface area contributed by atoms with Crippen LogP contribution in [0.2, 0.25) is 0 Å². The monoisotopic (exact) mass is 203 g/mol. The van der Waals surface area contributed by atoms with Gasteiger partial charge in [-0.25, -0.2) is 0 Å². The first-order valence-corrected chi connectivity index (χ1v) is 5.16. The average molecular weight is 203 g/mol. The number of ketones is 1. The van der Waals surface area contributed by atoms with E-state index >= 15 is 0 Å². The Labute approximate surface area is 86.2 Å². The number of rotatable bonds is 2. The standard InChI is InChI=1S/C11H9NOS/c1-8-4-2-3-5-9(8)11(13)10-6-12-7-14-10/h2-7H,1H3. The van der Waals surface area contributed by atoms with Gasteiger partial charge in [0, 0.05) is 11.8 Å². The van der Waals surface area contributed by atoms with Gasteiger partial charge in [-0.2, -0.15) is 0 Å². The van der Waals surface area contributed by atoms with Crippen molar-refractivity contribution in [2.45, 2.75) is 6.92 Å². The minimum atomic E-state index is 0.0607. The Bertz CT molecular complexity index is 448. The molecule has 1 heterocycles. The minimum absolute atomic E-state index is 0.0607. The largest absolute Gasteiger partial charge is 0.288 e. The molecule has 2 nitrogen and oxygen atoms in total. The smallest absolute Gasteiger partial charge is 0.204 e. The maximum absolute atomic E-state index is 11.9. The van der Waals surface area contributed by atoms with Gasteiger partial charge in [0.05, 0.1) is 10.4 Å². The van der Waals surface area contributed by atoms with E-state index in [9.17, 15) is 4.79 Å². The predicted molar refractivity (Wildman–Crippen MR) is 56.7 cm³/mol. The van der Waals surface area contributed by atoms with Crippen LogP contribution in [-0.2, 0) is 0 Å². The van der Waals surface area contributed by atoms with E-state index in [0.29, 0.717) is 4.88 Å². The molecule has 2 rings (SSSR count). The quantitative estimate of drug-likeness (QED) is 0.702. The number of carbonyl (C=O) groups excluding carboxylic acids is 1. The summed E-state index contributed by atoms with van der Waals surface area (Å²) in [6.45, 7) is 1.94. The number of nitrogens with zero attached hydrogens (tertiary/aromatic N) is 1. The first-order valence-electron chi connectivity index (χ1n) is 4.28. The van der Waals surface area contributed by atoms with E-state index in [4.69, 9.17) is 0 Å². The maximum Gasteiger partial charge on any atom is 0.204 e. The van der Waals surface area contributed by atoms with Gasteiger partial charge >= 0.3 is 0 Å². The molecule has 14 heavy (non-hydrogen) atoms. The molecule has 0 atom stereocenters. The van der Waals surface area contributed by atoms with Crippen molar-refractivity contribution in [1.82, 2.24) is 4.98 Å². The van der Waals surface area contributed by atoms with Crippen LogP contribution in [0, 0.1) is 6.92 Å². The summed E-state index contributed by atoms with van der Waals surface area (Å²) in [5, 5.41) is 0. The summed E-state index contributed by atoms with van der Waals surface area (Å²) in [6, 6.07) is 7.59. The fraction of sp³-hybridized carbons (Fsp3) is 0.0909. The van der Waals surface area contributed by atoms with Gasteiger partial charge < -0.3 is 0 Å². The molecule has 0 saturated carbocycles. The van der Waals surface area contributed by atoms with Crippen molar-refractivity contribution in [1.29, 1.82) is 0 Å². The summed E-state index contributed by atoms with van der Waals surface area (Å²) in [6.07, 6.45) is 1.61. The van der Waals surface area contributed by atoms with Crippen LogP contribution in [0.3, 0.4) is 0 Å². The Hall–Kier alpha value is -1.48. The van der Waals surface area contributed by atoms with Crippen molar-refractivity contribution in [3.8, 4) is 0 Å². The Kier molecular flexibility index (Phi) is 2.41. The first kappa shape index (κ1) is 9.09. The number of aromatic nitrogens is 1. The second-order valence-corrected chi connectivity index (χ2v) is 3.90. The normalized spacial score (nSPS) is 10.1. The van der Waals surface area contributed by atoms with E-state index in [1.807, 2.05) is 31.2 Å². The van der Waals surface area contributed by atoms with Crippen LogP contribution in [0.25, 0.3) is 0 Å². The van der Waals surface area contributed by atoms with Crippen molar-refractivity contribution < 1.29 is 4.79 Å². The lowest BCUT2D eigenvalue weighted by Crippen LogP contribution is -2.00. The topological polar surface area (TPSA) is 30.0 Å². The lowest BCUT2D eigenvalue weighted by atomic mass is 10.0. The summed E-state index contributed by atoms with van der Waals surface area (Å²) in [7, 11) is 0. The van der Waals surface area contributed by atoms with Crippen molar-refractivity contribution >= 4 is 17.1 Å². The average Bonchev–Trinajstić information content (AvgIpc) is 2.70. The fourth-order valence-electron chi connectivity index (χ4n) is 1.29. The molecule has 1 aromatic carbocycles. The van der Waals surface area contributed by atoms with Crippen LogP contribution in [0.4, 0.5) is 0 Å². The van der Waals surface area contributed by atoms with Crippen molar-refractivity contribution in [3.63, 3.8) is 0 Å². The zero-order valence-electron chi connectivity index (χ0n) is 7.73. The lowest BCUT2D eigenvalue weighted by Gasteiger charge is -2.01. The lowest BCUT2D eigenvalue weighted by molar-refractivity contribution is 0.104. The summed E-state index contributed by atoms with van der Waals surface area (Å²) in [5.41, 5.74) is 3.44. The Morgan fingerprint density at radius 1 is 1.36 bits per heavy atom. The van der Waals surface area contributed by atoms with Gasteiger partial charge in [-0.1, -0.05) is 24.3 Å². The van der Waals surface area contributed by atoms with E-state index in [0.717, 1.165) is 11.1 Å². The number of hydrogen-bond acceptors (Lipinski definition) is 3. The fourth-order valence-corrected chi connectivity index (χ4v) is 1.86. The van der Waals surface area contributed by atoms with Crippen LogP contribution in [0.15, 0.2) is 36.0 Å². The Morgan fingerprint density at radius 2 is 2.14 bits per heavy atom. The van der Waals surface area contributed by atoms with Crippen molar-refractivity contribution in [2.24, 2.45) is 0 Å². The van der Waals surface area contributed by atoms with Crippen LogP contribution in [-0.4, -0.2) is 10.8 Å². The summed E-state index contributed by atoms with van der Waals surface area (Å²) in [5.74, 6) is 0.0607. The number of thiazole rings is 1. The molecule has 0 N–H and O–H groups in total. The molecule has 2 aromatic rings. The number of carbonyl (C=O) groups is 1. The van der Waals surface area contributed by atoms with Crippen LogP contribution < -0.4 is 0 Å². The maximum atomic E-state index is 11.9. The molecule has 0 bridgehead atoms. The molecule has 0 aliphatic heterocycles. The minimum Gasteiger partial charge on any atom is -0.288 e. The van der Waals surface area contributed by atoms with E-state index in [-0.39, 0.29) is 5.78 Å². The molecule has 70 valence electrons. The van der Waals surface area contributed by atoms with Crippen LogP contribution in [0.5, 0.6) is 0 Å². The first-order chi connectivity index (χ1) is 6.79. The highest BCUT2D eigenvalue weighted by molar-refractivity contribution is 7.11. The van der Waals surface area contributed by atoms with Gasteiger partial charge in [-0.15, -0.1) is 11.3 Å². The molecular formula is C11H9NOS. The zero-order valence-corrected chi connectivity index (χ0v) is 8.54. The SMILES string of the molecule is Cc1ccccc1C(=O)c1cncs1. The number of hydrogen-bond donors (Lipinski definition) is 0. The molecule has 0 fully saturated rings. The predicted octanol–water partition coefficient (Wildman–Crippen LogP) is 2.68. The van der Waals surface area contributed by atoms with Gasteiger partial charge in [0.2, 0.25) is 5.78 Å². The molecule has 0 saturated heterocycles. The van der Waals surface area contributed by atoms with E-state index < -0.39 is 0 Å². The van der Waals surface area contributed by atoms with Gasteiger partial charge in [0.25, 0.3) is 0 Å². The number of benzene rings is 1. The van der Waals surface area contributed by atoms with Crippen LogP contribution >= 0.6 is 11.3 Å². The van der Waals surface area contributed by atoms with E-state index in [1.54, 1.807) is 11.7 Å². The summed E-state index contributed by atoms with van der Waals surface area (Å²) < 4.78 is 0. The van der Waals surface area contributed by atoms with Crippen molar-refractivity contribution in [2.75, 3.05) is 0 Å². The van der Waals surface area contributed by atoms with Gasteiger partial charge in [-0.3, -0.25) is 9.78 Å². The molecule has 0 aliphatic rings. The second-order valence-electron chi connectivity index (χ2n) is 3.01. The number of aryl methyl sites for hydroxylation is 1. The summed E-state index contributed by atoms with van der Waals surface area (Å²) in [4.78, 5) is 16.5. The molecule has 0 radical (unpaired) electrons. The summed E-state index contributed by atoms with van der Waals surface area (Å²) >= 11 is 1.37. The molecule has 0 spiro atoms. The molecule has 0 aliphatic carbocycles. The Morgan fingerprint density at radius 3 is 2.79 bits per heavy atom. The Balaban J connectivity index is 2.42. The highest BCUT2D eigenvalue weighted by Crippen LogP contribution is 2.15.